The smallest absolute Gasteiger partial charge is 0.462 e. The number of esters is 2. The lowest BCUT2D eigenvalue weighted by atomic mass is 9.85. The largest absolute Gasteiger partial charge is 0.472 e. The second-order valence-electron chi connectivity index (χ2n) is 14.8. The molecule has 1 saturated carbocycles. The number of carbonyl (C=O) groups is 2. The van der Waals surface area contributed by atoms with Gasteiger partial charge in [0.05, 0.1) is 6.61 Å². The molecular weight excluding hydrogens is 755 g/mol. The molecule has 14 heteroatoms. The zero-order valence-corrected chi connectivity index (χ0v) is 35.5. The average molecular weight is 831 g/mol. The number of hydrogen-bond donors (Lipinski definition) is 6. The minimum Gasteiger partial charge on any atom is -0.462 e. The highest BCUT2D eigenvalue weighted by molar-refractivity contribution is 7.47. The van der Waals surface area contributed by atoms with E-state index in [9.17, 15) is 44.6 Å². The second kappa shape index (κ2) is 33.6. The van der Waals surface area contributed by atoms with Gasteiger partial charge in [-0.25, -0.2) is 4.57 Å². The quantitative estimate of drug-likeness (QED) is 0.0160. The normalized spacial score (nSPS) is 23.2. The van der Waals surface area contributed by atoms with E-state index in [2.05, 4.69) is 62.5 Å². The molecule has 1 aliphatic rings. The third-order valence-corrected chi connectivity index (χ3v) is 10.6. The third kappa shape index (κ3) is 26.5. The van der Waals surface area contributed by atoms with Gasteiger partial charge in [0.1, 0.15) is 43.2 Å². The Labute approximate surface area is 341 Å². The van der Waals surface area contributed by atoms with Crippen LogP contribution >= 0.6 is 7.82 Å². The molecule has 0 aromatic heterocycles. The van der Waals surface area contributed by atoms with E-state index in [4.69, 9.17) is 18.5 Å². The number of ether oxygens (including phenoxy) is 2. The Morgan fingerprint density at radius 3 is 1.53 bits per heavy atom. The van der Waals surface area contributed by atoms with Crippen LogP contribution in [0.2, 0.25) is 0 Å². The molecule has 13 nitrogen and oxygen atoms in total. The highest BCUT2D eigenvalue weighted by atomic mass is 31.2. The summed E-state index contributed by atoms with van der Waals surface area (Å²) in [6.07, 6.45) is 24.6. The Morgan fingerprint density at radius 2 is 0.947 bits per heavy atom. The number of phosphoric ester groups is 1. The predicted molar refractivity (Wildman–Crippen MR) is 221 cm³/mol. The van der Waals surface area contributed by atoms with Crippen molar-refractivity contribution in [3.05, 3.63) is 48.6 Å². The Kier molecular flexibility index (Phi) is 31.2. The summed E-state index contributed by atoms with van der Waals surface area (Å²) in [5, 5.41) is 50.0. The molecule has 0 aromatic rings. The van der Waals surface area contributed by atoms with E-state index in [1.165, 1.54) is 44.9 Å². The molecule has 6 N–H and O–H groups in total. The molecule has 0 spiro atoms. The predicted octanol–water partition coefficient (Wildman–Crippen LogP) is 7.61. The zero-order valence-electron chi connectivity index (χ0n) is 34.6. The fraction of sp³-hybridized carbons (Fsp3) is 0.767. The molecule has 0 aromatic carbocycles. The lowest BCUT2D eigenvalue weighted by Gasteiger charge is -2.41. The molecule has 0 bridgehead atoms. The van der Waals surface area contributed by atoms with Crippen LogP contribution in [0.25, 0.3) is 0 Å². The van der Waals surface area contributed by atoms with E-state index in [1.807, 2.05) is 0 Å². The van der Waals surface area contributed by atoms with Gasteiger partial charge in [-0.2, -0.15) is 0 Å². The summed E-state index contributed by atoms with van der Waals surface area (Å²) in [6.45, 7) is 3.19. The molecular formula is C43H75O13P. The van der Waals surface area contributed by atoms with Crippen LogP contribution in [-0.2, 0) is 32.7 Å². The Bertz CT molecular complexity index is 1190. The lowest BCUT2D eigenvalue weighted by molar-refractivity contribution is -0.220. The monoisotopic (exact) mass is 830 g/mol. The molecule has 1 fully saturated rings. The number of hydrogen-bond acceptors (Lipinski definition) is 12. The summed E-state index contributed by atoms with van der Waals surface area (Å²) in [6, 6.07) is 0. The molecule has 8 atom stereocenters. The van der Waals surface area contributed by atoms with E-state index in [0.717, 1.165) is 70.6 Å². The van der Waals surface area contributed by atoms with Crippen molar-refractivity contribution in [2.24, 2.45) is 0 Å². The molecule has 0 saturated heterocycles. The van der Waals surface area contributed by atoms with Gasteiger partial charge in [-0.1, -0.05) is 114 Å². The molecule has 1 rings (SSSR count). The van der Waals surface area contributed by atoms with Gasteiger partial charge in [0.25, 0.3) is 0 Å². The summed E-state index contributed by atoms with van der Waals surface area (Å²) in [5.41, 5.74) is 0. The molecule has 0 aliphatic heterocycles. The zero-order chi connectivity index (χ0) is 42.2. The second-order valence-corrected chi connectivity index (χ2v) is 16.2. The van der Waals surface area contributed by atoms with E-state index < -0.39 is 75.7 Å². The minimum absolute atomic E-state index is 0.0450. The molecule has 57 heavy (non-hydrogen) atoms. The Morgan fingerprint density at radius 1 is 0.544 bits per heavy atom. The van der Waals surface area contributed by atoms with Crippen LogP contribution in [0.3, 0.4) is 0 Å². The fourth-order valence-electron chi connectivity index (χ4n) is 6.11. The van der Waals surface area contributed by atoms with Gasteiger partial charge in [-0.3, -0.25) is 18.6 Å². The van der Waals surface area contributed by atoms with Crippen molar-refractivity contribution in [2.45, 2.75) is 198 Å². The molecule has 330 valence electrons. The van der Waals surface area contributed by atoms with Gasteiger partial charge in [0.2, 0.25) is 0 Å². The highest BCUT2D eigenvalue weighted by Gasteiger charge is 2.51. The first-order valence-corrected chi connectivity index (χ1v) is 22.9. The maximum absolute atomic E-state index is 12.8. The molecule has 0 amide bonds. The number of aliphatic hydroxyl groups is 5. The average Bonchev–Trinajstić information content (AvgIpc) is 3.19. The number of phosphoric acid groups is 1. The van der Waals surface area contributed by atoms with E-state index in [0.29, 0.717) is 12.8 Å². The lowest BCUT2D eigenvalue weighted by Crippen LogP contribution is -2.64. The summed E-state index contributed by atoms with van der Waals surface area (Å²) in [4.78, 5) is 35.6. The number of carbonyl (C=O) groups excluding carboxylic acids is 2. The van der Waals surface area contributed by atoms with Gasteiger partial charge >= 0.3 is 19.8 Å². The van der Waals surface area contributed by atoms with Crippen LogP contribution in [-0.4, -0.2) is 98.3 Å². The number of rotatable bonds is 34. The first-order chi connectivity index (χ1) is 27.4. The fourth-order valence-corrected chi connectivity index (χ4v) is 7.08. The first-order valence-electron chi connectivity index (χ1n) is 21.4. The topological polar surface area (TPSA) is 210 Å². The maximum atomic E-state index is 12.8. The van der Waals surface area contributed by atoms with Gasteiger partial charge < -0.3 is 39.9 Å². The number of unbranched alkanes of at least 4 members (excludes halogenated alkanes) is 14. The number of allylic oxidation sites excluding steroid dienone is 8. The Balaban J connectivity index is 2.55. The van der Waals surface area contributed by atoms with E-state index >= 15 is 0 Å². The molecule has 0 heterocycles. The van der Waals surface area contributed by atoms with Crippen LogP contribution < -0.4 is 0 Å². The van der Waals surface area contributed by atoms with Gasteiger partial charge in [0.15, 0.2) is 6.10 Å². The summed E-state index contributed by atoms with van der Waals surface area (Å²) >= 11 is 0. The maximum Gasteiger partial charge on any atom is 0.472 e. The standard InChI is InChI=1S/C43H75O13P/c1-3-5-7-9-11-13-15-17-18-20-22-24-26-28-30-32-37(45)55-35(34-54-57(51,52)56-43-41(49)39(47)38(46)40(48)42(43)50)33-53-36(44)31-29-27-25-23-21-19-16-14-12-10-8-6-4-2/h11,13-14,16-18,22,24,35,38-43,46-50H,3-10,12,15,19-21,23,25-34H2,1-2H3,(H,51,52)/b13-11-,16-14-,18-17-,24-22-/t35-,38?,39-,40?,41?,42?,43?/m1/s1. The highest BCUT2D eigenvalue weighted by Crippen LogP contribution is 2.47. The van der Waals surface area contributed by atoms with Crippen molar-refractivity contribution in [3.63, 3.8) is 0 Å². The summed E-state index contributed by atoms with van der Waals surface area (Å²) < 4.78 is 33.4. The SMILES string of the molecule is CCCCC/C=C\C/C=C\C/C=C\CCCCC(=O)O[C@H](COC(=O)CCCCCCC/C=C\CCCCCC)COP(=O)(O)OC1C(O)C(O)C(O)[C@@H](O)C1O. The van der Waals surface area contributed by atoms with Crippen LogP contribution in [0, 0.1) is 0 Å². The van der Waals surface area contributed by atoms with Crippen molar-refractivity contribution < 1.29 is 63.1 Å². The van der Waals surface area contributed by atoms with Crippen LogP contribution in [0.5, 0.6) is 0 Å². The summed E-state index contributed by atoms with van der Waals surface area (Å²) in [5.74, 6) is -1.16. The Hall–Kier alpha value is -2.19. The molecule has 0 radical (unpaired) electrons. The van der Waals surface area contributed by atoms with Crippen LogP contribution in [0.4, 0.5) is 0 Å². The van der Waals surface area contributed by atoms with E-state index in [1.54, 1.807) is 0 Å². The van der Waals surface area contributed by atoms with Crippen molar-refractivity contribution in [1.82, 2.24) is 0 Å². The van der Waals surface area contributed by atoms with Crippen molar-refractivity contribution >= 4 is 19.8 Å². The van der Waals surface area contributed by atoms with Crippen LogP contribution in [0.1, 0.15) is 155 Å². The van der Waals surface area contributed by atoms with E-state index in [-0.39, 0.29) is 12.8 Å². The third-order valence-electron chi connectivity index (χ3n) is 9.64. The van der Waals surface area contributed by atoms with Crippen LogP contribution in [0.15, 0.2) is 48.6 Å². The van der Waals surface area contributed by atoms with Crippen molar-refractivity contribution in [1.29, 1.82) is 0 Å². The van der Waals surface area contributed by atoms with Crippen molar-refractivity contribution in [3.8, 4) is 0 Å². The molecule has 1 aliphatic carbocycles. The van der Waals surface area contributed by atoms with Gasteiger partial charge in [0, 0.05) is 12.8 Å². The van der Waals surface area contributed by atoms with Gasteiger partial charge in [-0.05, 0) is 77.0 Å². The van der Waals surface area contributed by atoms with Gasteiger partial charge in [-0.15, -0.1) is 0 Å². The summed E-state index contributed by atoms with van der Waals surface area (Å²) in [7, 11) is -5.13. The molecule has 6 unspecified atom stereocenters. The first kappa shape index (κ1) is 52.8. The minimum atomic E-state index is -5.13. The number of aliphatic hydroxyl groups excluding tert-OH is 5. The van der Waals surface area contributed by atoms with Crippen molar-refractivity contribution in [2.75, 3.05) is 13.2 Å².